The van der Waals surface area contributed by atoms with Crippen molar-refractivity contribution in [3.8, 4) is 11.5 Å². The van der Waals surface area contributed by atoms with Gasteiger partial charge in [0.25, 0.3) is 0 Å². The van der Waals surface area contributed by atoms with Gasteiger partial charge in [-0.15, -0.1) is 0 Å². The third-order valence-electron chi connectivity index (χ3n) is 5.83. The Morgan fingerprint density at radius 2 is 1.61 bits per heavy atom. The standard InChI is InChI=1S/C27H35FO5/c1-3-5-6-7-8-9-16-30-22-11-13-23(14-12-22)33-26(29)21-10-15-24(25(28)17-21)27-31-18-20(4-2)19-32-27/h10-15,17,20,27H,3-9,16,18-19H2,1-2H3. The van der Waals surface area contributed by atoms with Gasteiger partial charge in [-0.25, -0.2) is 9.18 Å². The minimum absolute atomic E-state index is 0.127. The normalized spacial score (nSPS) is 18.2. The van der Waals surface area contributed by atoms with Crippen molar-refractivity contribution >= 4 is 5.97 Å². The van der Waals surface area contributed by atoms with E-state index in [0.717, 1.165) is 24.7 Å². The number of esters is 1. The van der Waals surface area contributed by atoms with Crippen LogP contribution in [0.3, 0.4) is 0 Å². The highest BCUT2D eigenvalue weighted by atomic mass is 19.1. The number of benzene rings is 2. The summed E-state index contributed by atoms with van der Waals surface area (Å²) in [6.07, 6.45) is 7.46. The number of ether oxygens (including phenoxy) is 4. The Labute approximate surface area is 196 Å². The number of hydrogen-bond donors (Lipinski definition) is 0. The van der Waals surface area contributed by atoms with Gasteiger partial charge in [0, 0.05) is 11.5 Å². The number of halogens is 1. The van der Waals surface area contributed by atoms with Crippen LogP contribution in [0.5, 0.6) is 11.5 Å². The highest BCUT2D eigenvalue weighted by Crippen LogP contribution is 2.29. The molecule has 1 fully saturated rings. The van der Waals surface area contributed by atoms with Gasteiger partial charge < -0.3 is 18.9 Å². The first-order chi connectivity index (χ1) is 16.1. The van der Waals surface area contributed by atoms with Crippen LogP contribution >= 0.6 is 0 Å². The van der Waals surface area contributed by atoms with Gasteiger partial charge in [-0.3, -0.25) is 0 Å². The topological polar surface area (TPSA) is 54.0 Å². The van der Waals surface area contributed by atoms with E-state index in [4.69, 9.17) is 18.9 Å². The molecule has 0 bridgehead atoms. The third kappa shape index (κ3) is 7.83. The molecule has 1 aliphatic heterocycles. The van der Waals surface area contributed by atoms with E-state index in [0.29, 0.717) is 31.5 Å². The first-order valence-electron chi connectivity index (χ1n) is 12.1. The number of carbonyl (C=O) groups is 1. The minimum atomic E-state index is -0.748. The van der Waals surface area contributed by atoms with Crippen LogP contribution in [0.4, 0.5) is 4.39 Å². The average molecular weight is 459 g/mol. The molecule has 6 heteroatoms. The molecule has 0 spiro atoms. The van der Waals surface area contributed by atoms with Gasteiger partial charge in [0.05, 0.1) is 25.4 Å². The van der Waals surface area contributed by atoms with Crippen molar-refractivity contribution in [2.45, 2.75) is 65.1 Å². The van der Waals surface area contributed by atoms with E-state index in [1.54, 1.807) is 24.3 Å². The molecule has 1 aliphatic rings. The molecule has 1 heterocycles. The lowest BCUT2D eigenvalue weighted by Crippen LogP contribution is -2.27. The zero-order valence-electron chi connectivity index (χ0n) is 19.7. The predicted molar refractivity (Wildman–Crippen MR) is 125 cm³/mol. The van der Waals surface area contributed by atoms with Crippen LogP contribution in [-0.2, 0) is 9.47 Å². The van der Waals surface area contributed by atoms with Crippen LogP contribution < -0.4 is 9.47 Å². The lowest BCUT2D eigenvalue weighted by molar-refractivity contribution is -0.206. The van der Waals surface area contributed by atoms with Gasteiger partial charge in [0.2, 0.25) is 0 Å². The molecule has 0 amide bonds. The Bertz CT molecular complexity index is 859. The summed E-state index contributed by atoms with van der Waals surface area (Å²) in [5, 5.41) is 0. The van der Waals surface area contributed by atoms with Gasteiger partial charge in [0.1, 0.15) is 17.3 Å². The summed E-state index contributed by atoms with van der Waals surface area (Å²) in [6, 6.07) is 11.1. The average Bonchev–Trinajstić information content (AvgIpc) is 2.84. The summed E-state index contributed by atoms with van der Waals surface area (Å²) < 4.78 is 37.0. The molecule has 0 atom stereocenters. The van der Waals surface area contributed by atoms with Crippen molar-refractivity contribution in [2.24, 2.45) is 5.92 Å². The van der Waals surface area contributed by atoms with Crippen LogP contribution in [-0.4, -0.2) is 25.8 Å². The van der Waals surface area contributed by atoms with Crippen LogP contribution in [0, 0.1) is 11.7 Å². The lowest BCUT2D eigenvalue weighted by atomic mass is 10.1. The van der Waals surface area contributed by atoms with Crippen molar-refractivity contribution < 1.29 is 28.1 Å². The molecule has 2 aromatic rings. The van der Waals surface area contributed by atoms with E-state index in [-0.39, 0.29) is 11.1 Å². The maximum atomic E-state index is 14.6. The van der Waals surface area contributed by atoms with E-state index in [1.165, 1.54) is 44.2 Å². The van der Waals surface area contributed by atoms with Gasteiger partial charge in [-0.1, -0.05) is 52.0 Å². The summed E-state index contributed by atoms with van der Waals surface area (Å²) >= 11 is 0. The number of unbranched alkanes of at least 4 members (excludes halogenated alkanes) is 5. The Balaban J connectivity index is 1.46. The third-order valence-corrected chi connectivity index (χ3v) is 5.83. The molecular weight excluding hydrogens is 423 g/mol. The van der Waals surface area contributed by atoms with Crippen molar-refractivity contribution in [1.29, 1.82) is 0 Å². The summed E-state index contributed by atoms with van der Waals surface area (Å²) in [7, 11) is 0. The predicted octanol–water partition coefficient (Wildman–Crippen LogP) is 6.86. The molecule has 0 radical (unpaired) electrons. The summed E-state index contributed by atoms with van der Waals surface area (Å²) in [5.74, 6) is 0.254. The van der Waals surface area contributed by atoms with Crippen molar-refractivity contribution in [1.82, 2.24) is 0 Å². The second kappa shape index (κ2) is 13.3. The SMILES string of the molecule is CCCCCCCCOc1ccc(OC(=O)c2ccc(C3OCC(CC)CO3)c(F)c2)cc1. The molecule has 5 nitrogen and oxygen atoms in total. The Hall–Kier alpha value is -2.44. The molecule has 0 aromatic heterocycles. The van der Waals surface area contributed by atoms with Gasteiger partial charge in [-0.05, 0) is 49.2 Å². The fraction of sp³-hybridized carbons (Fsp3) is 0.519. The van der Waals surface area contributed by atoms with Crippen molar-refractivity contribution in [3.05, 3.63) is 59.4 Å². The smallest absolute Gasteiger partial charge is 0.343 e. The van der Waals surface area contributed by atoms with Crippen LogP contribution in [0.2, 0.25) is 0 Å². The quantitative estimate of drug-likeness (QED) is 0.198. The van der Waals surface area contributed by atoms with E-state index in [2.05, 4.69) is 13.8 Å². The number of hydrogen-bond acceptors (Lipinski definition) is 5. The molecule has 1 saturated heterocycles. The minimum Gasteiger partial charge on any atom is -0.494 e. The summed E-state index contributed by atoms with van der Waals surface area (Å²) in [6.45, 7) is 6.01. The zero-order valence-corrected chi connectivity index (χ0v) is 19.7. The van der Waals surface area contributed by atoms with Crippen LogP contribution in [0.1, 0.15) is 81.0 Å². The Kier molecular flexibility index (Phi) is 10.2. The molecule has 0 N–H and O–H groups in total. The van der Waals surface area contributed by atoms with Crippen LogP contribution in [0.25, 0.3) is 0 Å². The fourth-order valence-corrected chi connectivity index (χ4v) is 3.65. The molecule has 33 heavy (non-hydrogen) atoms. The summed E-state index contributed by atoms with van der Waals surface area (Å²) in [4.78, 5) is 12.5. The Morgan fingerprint density at radius 3 is 2.27 bits per heavy atom. The number of rotatable bonds is 12. The molecular formula is C27H35FO5. The monoisotopic (exact) mass is 458 g/mol. The largest absolute Gasteiger partial charge is 0.494 e. The molecule has 0 saturated carbocycles. The first-order valence-corrected chi connectivity index (χ1v) is 12.1. The van der Waals surface area contributed by atoms with Gasteiger partial charge in [0.15, 0.2) is 6.29 Å². The van der Waals surface area contributed by atoms with E-state index >= 15 is 0 Å². The maximum Gasteiger partial charge on any atom is 0.343 e. The second-order valence-electron chi connectivity index (χ2n) is 8.49. The van der Waals surface area contributed by atoms with Crippen molar-refractivity contribution in [2.75, 3.05) is 19.8 Å². The first kappa shape index (κ1) is 25.2. The molecule has 180 valence electrons. The second-order valence-corrected chi connectivity index (χ2v) is 8.49. The van der Waals surface area contributed by atoms with E-state index < -0.39 is 18.1 Å². The summed E-state index contributed by atoms with van der Waals surface area (Å²) in [5.41, 5.74) is 0.412. The zero-order chi connectivity index (χ0) is 23.5. The highest BCUT2D eigenvalue weighted by molar-refractivity contribution is 5.91. The molecule has 0 unspecified atom stereocenters. The highest BCUT2D eigenvalue weighted by Gasteiger charge is 2.25. The lowest BCUT2D eigenvalue weighted by Gasteiger charge is -2.29. The van der Waals surface area contributed by atoms with Crippen LogP contribution in [0.15, 0.2) is 42.5 Å². The Morgan fingerprint density at radius 1 is 0.939 bits per heavy atom. The van der Waals surface area contributed by atoms with E-state index in [1.807, 2.05) is 0 Å². The maximum absolute atomic E-state index is 14.6. The van der Waals surface area contributed by atoms with Gasteiger partial charge in [-0.2, -0.15) is 0 Å². The van der Waals surface area contributed by atoms with E-state index in [9.17, 15) is 9.18 Å². The fourth-order valence-electron chi connectivity index (χ4n) is 3.65. The van der Waals surface area contributed by atoms with Gasteiger partial charge >= 0.3 is 5.97 Å². The van der Waals surface area contributed by atoms with Crippen molar-refractivity contribution in [3.63, 3.8) is 0 Å². The molecule has 3 rings (SSSR count). The molecule has 0 aliphatic carbocycles. The molecule has 2 aromatic carbocycles. The number of carbonyl (C=O) groups excluding carboxylic acids is 1.